The first-order chi connectivity index (χ1) is 19.4. The molecule has 41 heavy (non-hydrogen) atoms. The molecule has 0 unspecified atom stereocenters. The number of hydrogen-bond acceptors (Lipinski definition) is 9. The van der Waals surface area contributed by atoms with Gasteiger partial charge in [0.1, 0.15) is 24.2 Å². The second-order valence-electron chi connectivity index (χ2n) is 10.8. The molecule has 0 bridgehead atoms. The summed E-state index contributed by atoms with van der Waals surface area (Å²) in [5.41, 5.74) is 22.5. The summed E-state index contributed by atoms with van der Waals surface area (Å²) >= 11 is 0. The Balaban J connectivity index is 5.37. The number of rotatable bonds is 23. The summed E-state index contributed by atoms with van der Waals surface area (Å²) < 4.78 is 0. The van der Waals surface area contributed by atoms with E-state index in [1.165, 1.54) is 6.92 Å². The Morgan fingerprint density at radius 2 is 1.02 bits per heavy atom. The van der Waals surface area contributed by atoms with Crippen molar-refractivity contribution in [1.82, 2.24) is 21.3 Å². The van der Waals surface area contributed by atoms with Crippen LogP contribution in [0.1, 0.15) is 85.0 Å². The van der Waals surface area contributed by atoms with Gasteiger partial charge in [0.05, 0.1) is 6.04 Å². The maximum absolute atomic E-state index is 13.1. The topological polar surface area (TPSA) is 258 Å². The average Bonchev–Trinajstić information content (AvgIpc) is 2.91. The number of aliphatic carboxylic acids is 1. The number of carbonyl (C=O) groups excluding carboxylic acids is 4. The molecule has 0 saturated heterocycles. The summed E-state index contributed by atoms with van der Waals surface area (Å²) in [6.07, 6.45) is 4.88. The van der Waals surface area contributed by atoms with E-state index in [-0.39, 0.29) is 18.8 Å². The zero-order valence-electron chi connectivity index (χ0n) is 25.0. The average molecular weight is 587 g/mol. The summed E-state index contributed by atoms with van der Waals surface area (Å²) in [5.74, 6) is -3.40. The molecule has 0 aliphatic heterocycles. The number of nitrogens with two attached hydrogens (primary N) is 4. The molecule has 0 aromatic rings. The molecule has 13 N–H and O–H groups in total. The molecule has 238 valence electrons. The van der Waals surface area contributed by atoms with Crippen LogP contribution in [0.2, 0.25) is 0 Å². The smallest absolute Gasteiger partial charge is 0.326 e. The van der Waals surface area contributed by atoms with Gasteiger partial charge in [0.15, 0.2) is 0 Å². The number of carboxylic acids is 1. The Labute approximate surface area is 243 Å². The highest BCUT2D eigenvalue weighted by molar-refractivity contribution is 5.95. The fraction of sp³-hybridized carbons (Fsp3) is 0.815. The van der Waals surface area contributed by atoms with Crippen LogP contribution in [0, 0.1) is 5.92 Å². The van der Waals surface area contributed by atoms with Gasteiger partial charge in [-0.15, -0.1) is 0 Å². The molecule has 0 heterocycles. The molecule has 4 amide bonds. The van der Waals surface area contributed by atoms with Crippen molar-refractivity contribution in [1.29, 1.82) is 0 Å². The summed E-state index contributed by atoms with van der Waals surface area (Å²) in [7, 11) is 0. The van der Waals surface area contributed by atoms with Crippen LogP contribution in [-0.4, -0.2) is 84.5 Å². The van der Waals surface area contributed by atoms with E-state index >= 15 is 0 Å². The quantitative estimate of drug-likeness (QED) is 0.0645. The zero-order valence-corrected chi connectivity index (χ0v) is 25.0. The van der Waals surface area contributed by atoms with Crippen LogP contribution in [0.3, 0.4) is 0 Å². The van der Waals surface area contributed by atoms with Crippen LogP contribution in [0.25, 0.3) is 0 Å². The third-order valence-electron chi connectivity index (χ3n) is 6.54. The Morgan fingerprint density at radius 3 is 1.51 bits per heavy atom. The molecule has 0 radical (unpaired) electrons. The zero-order chi connectivity index (χ0) is 31.4. The van der Waals surface area contributed by atoms with Crippen LogP contribution in [0.15, 0.2) is 0 Å². The second-order valence-corrected chi connectivity index (χ2v) is 10.8. The van der Waals surface area contributed by atoms with Gasteiger partial charge < -0.3 is 49.3 Å². The summed E-state index contributed by atoms with van der Waals surface area (Å²) in [4.78, 5) is 63.3. The van der Waals surface area contributed by atoms with Gasteiger partial charge in [-0.05, 0) is 90.3 Å². The van der Waals surface area contributed by atoms with Gasteiger partial charge in [-0.25, -0.2) is 4.79 Å². The second kappa shape index (κ2) is 21.9. The molecule has 5 atom stereocenters. The van der Waals surface area contributed by atoms with E-state index in [4.69, 9.17) is 22.9 Å². The highest BCUT2D eigenvalue weighted by Gasteiger charge is 2.30. The Hall–Kier alpha value is -2.81. The van der Waals surface area contributed by atoms with Crippen molar-refractivity contribution in [2.75, 3.05) is 19.6 Å². The fourth-order valence-electron chi connectivity index (χ4n) is 4.08. The third-order valence-corrected chi connectivity index (χ3v) is 6.54. The first kappa shape index (κ1) is 38.2. The highest BCUT2D eigenvalue weighted by atomic mass is 16.4. The van der Waals surface area contributed by atoms with Crippen LogP contribution >= 0.6 is 0 Å². The molecule has 14 nitrogen and oxygen atoms in total. The van der Waals surface area contributed by atoms with E-state index in [9.17, 15) is 29.1 Å². The summed E-state index contributed by atoms with van der Waals surface area (Å²) in [6.45, 7) is 6.55. The molecule has 0 saturated carbocycles. The predicted molar refractivity (Wildman–Crippen MR) is 157 cm³/mol. The lowest BCUT2D eigenvalue weighted by atomic mass is 10.0. The van der Waals surface area contributed by atoms with E-state index in [0.717, 1.165) is 6.42 Å². The molecule has 0 aromatic heterocycles. The number of nitrogens with one attached hydrogen (secondary N) is 4. The molecule has 0 aromatic carbocycles. The van der Waals surface area contributed by atoms with Crippen molar-refractivity contribution in [2.24, 2.45) is 28.9 Å². The van der Waals surface area contributed by atoms with Gasteiger partial charge in [-0.2, -0.15) is 0 Å². The van der Waals surface area contributed by atoms with Gasteiger partial charge in [-0.3, -0.25) is 19.2 Å². The number of carboxylic acid groups (broad SMARTS) is 1. The largest absolute Gasteiger partial charge is 0.480 e. The Bertz CT molecular complexity index is 813. The van der Waals surface area contributed by atoms with E-state index in [2.05, 4.69) is 21.3 Å². The number of unbranched alkanes of at least 4 members (excludes halogenated alkanes) is 3. The lowest BCUT2D eigenvalue weighted by Gasteiger charge is -2.25. The Morgan fingerprint density at radius 1 is 0.585 bits per heavy atom. The molecular formula is C27H54N8O6. The van der Waals surface area contributed by atoms with E-state index in [1.54, 1.807) is 0 Å². The molecule has 0 fully saturated rings. The summed E-state index contributed by atoms with van der Waals surface area (Å²) in [5, 5.41) is 19.9. The normalized spacial score (nSPS) is 14.8. The molecule has 14 heteroatoms. The SMILES string of the molecule is CC(C)C[C@H](NC(=O)[C@@H](N)CCCCN)C(=O)N[C@@H](C)C(=O)N[C@@H](CCCCN)C(=O)N[C@@H](CCCCN)C(=O)O. The first-order valence-corrected chi connectivity index (χ1v) is 14.7. The number of hydrogen-bond donors (Lipinski definition) is 9. The lowest BCUT2D eigenvalue weighted by Crippen LogP contribution is -2.58. The minimum Gasteiger partial charge on any atom is -0.480 e. The van der Waals surface area contributed by atoms with E-state index in [0.29, 0.717) is 64.6 Å². The van der Waals surface area contributed by atoms with Gasteiger partial charge in [0.25, 0.3) is 0 Å². The van der Waals surface area contributed by atoms with Gasteiger partial charge in [-0.1, -0.05) is 20.3 Å². The number of amides is 4. The van der Waals surface area contributed by atoms with Gasteiger partial charge >= 0.3 is 5.97 Å². The van der Waals surface area contributed by atoms with Crippen LogP contribution in [0.4, 0.5) is 0 Å². The third kappa shape index (κ3) is 16.9. The minimum atomic E-state index is -1.18. The van der Waals surface area contributed by atoms with Crippen LogP contribution < -0.4 is 44.2 Å². The van der Waals surface area contributed by atoms with Crippen molar-refractivity contribution in [3.8, 4) is 0 Å². The van der Waals surface area contributed by atoms with Gasteiger partial charge in [0.2, 0.25) is 23.6 Å². The molecule has 0 rings (SSSR count). The molecule has 0 spiro atoms. The monoisotopic (exact) mass is 586 g/mol. The van der Waals surface area contributed by atoms with Crippen molar-refractivity contribution in [3.63, 3.8) is 0 Å². The van der Waals surface area contributed by atoms with E-state index < -0.39 is 59.8 Å². The fourth-order valence-corrected chi connectivity index (χ4v) is 4.08. The molecular weight excluding hydrogens is 532 g/mol. The van der Waals surface area contributed by atoms with Crippen molar-refractivity contribution in [2.45, 2.75) is 115 Å². The van der Waals surface area contributed by atoms with Crippen molar-refractivity contribution >= 4 is 29.6 Å². The van der Waals surface area contributed by atoms with Crippen molar-refractivity contribution < 1.29 is 29.1 Å². The Kier molecular flexibility index (Phi) is 20.4. The standard InChI is InChI=1S/C27H54N8O6/c1-17(2)16-22(35-24(37)19(31)10-4-7-13-28)26(39)32-18(3)23(36)33-20(11-5-8-14-29)25(38)34-21(27(40)41)12-6-9-15-30/h17-22H,4-16,28-31H2,1-3H3,(H,32,39)(H,33,36)(H,34,38)(H,35,37)(H,40,41)/t18-,19-,20-,21-,22-/m0/s1. The highest BCUT2D eigenvalue weighted by Crippen LogP contribution is 2.08. The van der Waals surface area contributed by atoms with E-state index in [1.807, 2.05) is 13.8 Å². The number of carbonyl (C=O) groups is 5. The minimum absolute atomic E-state index is 0.0614. The molecule has 0 aliphatic carbocycles. The maximum Gasteiger partial charge on any atom is 0.326 e. The first-order valence-electron chi connectivity index (χ1n) is 14.7. The molecule has 0 aliphatic rings. The van der Waals surface area contributed by atoms with Crippen LogP contribution in [0.5, 0.6) is 0 Å². The van der Waals surface area contributed by atoms with Crippen LogP contribution in [-0.2, 0) is 24.0 Å². The lowest BCUT2D eigenvalue weighted by molar-refractivity contribution is -0.142. The maximum atomic E-state index is 13.1. The van der Waals surface area contributed by atoms with Crippen molar-refractivity contribution in [3.05, 3.63) is 0 Å². The predicted octanol–water partition coefficient (Wildman–Crippen LogP) is -1.21. The van der Waals surface area contributed by atoms with Gasteiger partial charge in [0, 0.05) is 0 Å². The summed E-state index contributed by atoms with van der Waals surface area (Å²) in [6, 6.07) is -4.89.